The topological polar surface area (TPSA) is 102 Å². The van der Waals surface area contributed by atoms with Gasteiger partial charge in [-0.3, -0.25) is 14.7 Å². The SMILES string of the molecule is CC(=O)CC[C@H]1CN(c2cc(F)c(N3CCNN(C(=O)c4ccccc4O)CC3)c(F)c2)C(=O)O1. The summed E-state index contributed by atoms with van der Waals surface area (Å²) in [5.41, 5.74) is 2.82. The minimum absolute atomic E-state index is 0.0309. The van der Waals surface area contributed by atoms with E-state index in [1.807, 2.05) is 0 Å². The second-order valence-corrected chi connectivity index (χ2v) is 8.48. The molecule has 9 nitrogen and oxygen atoms in total. The first-order valence-electron chi connectivity index (χ1n) is 11.3. The van der Waals surface area contributed by atoms with Crippen molar-refractivity contribution in [3.05, 3.63) is 53.6 Å². The average Bonchev–Trinajstić information content (AvgIpc) is 3.02. The van der Waals surface area contributed by atoms with Gasteiger partial charge in [-0.1, -0.05) is 12.1 Å². The van der Waals surface area contributed by atoms with Crippen molar-refractivity contribution in [2.45, 2.75) is 25.9 Å². The molecule has 186 valence electrons. The quantitative estimate of drug-likeness (QED) is 0.645. The van der Waals surface area contributed by atoms with Crippen LogP contribution in [0.4, 0.5) is 25.0 Å². The maximum atomic E-state index is 15.1. The first-order chi connectivity index (χ1) is 16.7. The van der Waals surface area contributed by atoms with E-state index in [0.717, 1.165) is 17.0 Å². The first-order valence-corrected chi connectivity index (χ1v) is 11.3. The number of rotatable bonds is 6. The van der Waals surface area contributed by atoms with E-state index in [-0.39, 0.29) is 67.6 Å². The number of amides is 2. The molecule has 2 aliphatic heterocycles. The molecule has 2 N–H and O–H groups in total. The highest BCUT2D eigenvalue weighted by Gasteiger charge is 2.34. The molecule has 35 heavy (non-hydrogen) atoms. The summed E-state index contributed by atoms with van der Waals surface area (Å²) in [6.45, 7) is 2.24. The lowest BCUT2D eigenvalue weighted by molar-refractivity contribution is -0.117. The highest BCUT2D eigenvalue weighted by molar-refractivity contribution is 5.96. The number of nitrogens with one attached hydrogen (secondary N) is 1. The van der Waals surface area contributed by atoms with Crippen LogP contribution in [0.2, 0.25) is 0 Å². The van der Waals surface area contributed by atoms with Crippen LogP contribution in [-0.2, 0) is 9.53 Å². The van der Waals surface area contributed by atoms with Gasteiger partial charge in [0.1, 0.15) is 23.3 Å². The Hall–Kier alpha value is -3.73. The van der Waals surface area contributed by atoms with Crippen molar-refractivity contribution >= 4 is 29.2 Å². The molecule has 2 aromatic rings. The van der Waals surface area contributed by atoms with Crippen LogP contribution in [-0.4, -0.2) is 66.7 Å². The third-order valence-electron chi connectivity index (χ3n) is 5.98. The van der Waals surface area contributed by atoms with Crippen molar-refractivity contribution in [3.8, 4) is 5.75 Å². The number of carbonyl (C=O) groups excluding carboxylic acids is 3. The Morgan fingerprint density at radius 3 is 2.54 bits per heavy atom. The van der Waals surface area contributed by atoms with Gasteiger partial charge in [-0.25, -0.2) is 19.0 Å². The zero-order valence-electron chi connectivity index (χ0n) is 19.2. The number of nitrogens with zero attached hydrogens (tertiary/aromatic N) is 3. The number of ketones is 1. The summed E-state index contributed by atoms with van der Waals surface area (Å²) in [7, 11) is 0. The van der Waals surface area contributed by atoms with Crippen LogP contribution in [0.3, 0.4) is 0 Å². The number of benzene rings is 2. The van der Waals surface area contributed by atoms with Crippen LogP contribution in [0.15, 0.2) is 36.4 Å². The van der Waals surface area contributed by atoms with E-state index in [1.165, 1.54) is 29.0 Å². The van der Waals surface area contributed by atoms with E-state index in [2.05, 4.69) is 5.43 Å². The molecule has 2 fully saturated rings. The molecule has 11 heteroatoms. The number of halogens is 2. The Morgan fingerprint density at radius 2 is 1.86 bits per heavy atom. The lowest BCUT2D eigenvalue weighted by Gasteiger charge is -2.25. The third-order valence-corrected chi connectivity index (χ3v) is 5.98. The summed E-state index contributed by atoms with van der Waals surface area (Å²) in [5, 5.41) is 11.3. The second kappa shape index (κ2) is 10.3. The molecule has 2 heterocycles. The van der Waals surface area contributed by atoms with Crippen molar-refractivity contribution in [3.63, 3.8) is 0 Å². The van der Waals surface area contributed by atoms with Crippen molar-refractivity contribution in [1.29, 1.82) is 0 Å². The number of aromatic hydroxyl groups is 1. The smallest absolute Gasteiger partial charge is 0.414 e. The van der Waals surface area contributed by atoms with E-state index < -0.39 is 29.7 Å². The number of Topliss-reactive ketones (excluding diaryl/α,β-unsaturated/α-hetero) is 1. The van der Waals surface area contributed by atoms with Gasteiger partial charge >= 0.3 is 6.09 Å². The fourth-order valence-corrected chi connectivity index (χ4v) is 4.19. The molecular weight excluding hydrogens is 462 g/mol. The Morgan fingerprint density at radius 1 is 1.14 bits per heavy atom. The molecule has 0 radical (unpaired) electrons. The number of para-hydroxylation sites is 1. The van der Waals surface area contributed by atoms with Gasteiger partial charge in [0.05, 0.1) is 24.3 Å². The number of anilines is 2. The Kier molecular flexibility index (Phi) is 7.15. The molecule has 0 aliphatic carbocycles. The highest BCUT2D eigenvalue weighted by Crippen LogP contribution is 2.32. The number of phenolic OH excluding ortho intramolecular Hbond substituents is 1. The number of hydrogen-bond acceptors (Lipinski definition) is 7. The predicted octanol–water partition coefficient (Wildman–Crippen LogP) is 2.83. The van der Waals surface area contributed by atoms with Gasteiger partial charge in [0.15, 0.2) is 11.6 Å². The standard InChI is InChI=1S/C24H26F2N4O5/c1-15(31)6-7-17-14-29(24(34)35-17)16-12-19(25)22(20(26)13-16)28-9-8-27-30(11-10-28)23(33)18-4-2-3-5-21(18)32/h2-5,12-13,17,27,32H,6-11,14H2,1H3/t17-/m0/s1. The Bertz CT molecular complexity index is 1120. The number of carbonyl (C=O) groups is 3. The Labute approximate surface area is 200 Å². The lowest BCUT2D eigenvalue weighted by atomic mass is 10.1. The molecule has 0 unspecified atom stereocenters. The molecule has 2 saturated heterocycles. The molecular formula is C24H26F2N4O5. The largest absolute Gasteiger partial charge is 0.507 e. The zero-order valence-corrected chi connectivity index (χ0v) is 19.2. The molecule has 4 rings (SSSR count). The van der Waals surface area contributed by atoms with Crippen LogP contribution in [0, 0.1) is 11.6 Å². The molecule has 2 amide bonds. The summed E-state index contributed by atoms with van der Waals surface area (Å²) in [5.74, 6) is -2.33. The maximum Gasteiger partial charge on any atom is 0.414 e. The van der Waals surface area contributed by atoms with Gasteiger partial charge in [-0.15, -0.1) is 0 Å². The van der Waals surface area contributed by atoms with Gasteiger partial charge < -0.3 is 19.5 Å². The van der Waals surface area contributed by atoms with Crippen LogP contribution in [0.1, 0.15) is 30.1 Å². The summed E-state index contributed by atoms with van der Waals surface area (Å²) in [4.78, 5) is 38.8. The number of cyclic esters (lactones) is 1. The van der Waals surface area contributed by atoms with E-state index in [0.29, 0.717) is 6.42 Å². The van der Waals surface area contributed by atoms with Gasteiger partial charge in [-0.05, 0) is 25.5 Å². The molecule has 0 saturated carbocycles. The number of ether oxygens (including phenoxy) is 1. The van der Waals surface area contributed by atoms with E-state index >= 15 is 8.78 Å². The highest BCUT2D eigenvalue weighted by atomic mass is 19.1. The van der Waals surface area contributed by atoms with Crippen LogP contribution >= 0.6 is 0 Å². The minimum atomic E-state index is -0.847. The fraction of sp³-hybridized carbons (Fsp3) is 0.375. The van der Waals surface area contributed by atoms with Crippen LogP contribution in [0.5, 0.6) is 5.75 Å². The fourth-order valence-electron chi connectivity index (χ4n) is 4.19. The summed E-state index contributed by atoms with van der Waals surface area (Å²) >= 11 is 0. The summed E-state index contributed by atoms with van der Waals surface area (Å²) < 4.78 is 35.4. The summed E-state index contributed by atoms with van der Waals surface area (Å²) in [6, 6.07) is 8.30. The normalized spacial score (nSPS) is 18.4. The molecule has 1 atom stereocenters. The molecule has 0 spiro atoms. The minimum Gasteiger partial charge on any atom is -0.507 e. The zero-order chi connectivity index (χ0) is 25.1. The van der Waals surface area contributed by atoms with Crippen molar-refractivity contribution in [2.24, 2.45) is 0 Å². The van der Waals surface area contributed by atoms with E-state index in [4.69, 9.17) is 4.74 Å². The van der Waals surface area contributed by atoms with E-state index in [9.17, 15) is 19.5 Å². The molecule has 0 bridgehead atoms. The maximum absolute atomic E-state index is 15.1. The van der Waals surface area contributed by atoms with Crippen molar-refractivity contribution < 1.29 is 33.0 Å². The van der Waals surface area contributed by atoms with Gasteiger partial charge in [0.25, 0.3) is 5.91 Å². The molecule has 2 aliphatic rings. The predicted molar refractivity (Wildman–Crippen MR) is 123 cm³/mol. The molecule has 0 aromatic heterocycles. The average molecular weight is 488 g/mol. The van der Waals surface area contributed by atoms with Gasteiger partial charge in [-0.2, -0.15) is 0 Å². The molecule has 2 aromatic carbocycles. The van der Waals surface area contributed by atoms with Gasteiger partial charge in [0, 0.05) is 38.2 Å². The lowest BCUT2D eigenvalue weighted by Crippen LogP contribution is -2.43. The first kappa shape index (κ1) is 24.4. The number of phenols is 1. The summed E-state index contributed by atoms with van der Waals surface area (Å²) in [6.07, 6.45) is -0.652. The van der Waals surface area contributed by atoms with Crippen LogP contribution < -0.4 is 15.2 Å². The number of hydrazine groups is 1. The van der Waals surface area contributed by atoms with Crippen molar-refractivity contribution in [1.82, 2.24) is 10.4 Å². The number of hydrogen-bond donors (Lipinski definition) is 2. The van der Waals surface area contributed by atoms with Crippen LogP contribution in [0.25, 0.3) is 0 Å². The van der Waals surface area contributed by atoms with Crippen molar-refractivity contribution in [2.75, 3.05) is 42.5 Å². The Balaban J connectivity index is 1.46. The second-order valence-electron chi connectivity index (χ2n) is 8.48. The van der Waals surface area contributed by atoms with E-state index in [1.54, 1.807) is 12.1 Å². The monoisotopic (exact) mass is 488 g/mol. The third kappa shape index (κ3) is 5.35. The van der Waals surface area contributed by atoms with Gasteiger partial charge in [0.2, 0.25) is 0 Å².